The number of unbranched alkanes of at least 4 members (excludes halogenated alkanes) is 1. The molecule has 0 radical (unpaired) electrons. The van der Waals surface area contributed by atoms with Crippen molar-refractivity contribution < 1.29 is 32.5 Å². The first-order valence-corrected chi connectivity index (χ1v) is 16.4. The third kappa shape index (κ3) is 9.13. The van der Waals surface area contributed by atoms with E-state index in [2.05, 4.69) is 5.32 Å². The van der Waals surface area contributed by atoms with Crippen LogP contribution in [0.15, 0.2) is 59.5 Å². The minimum absolute atomic E-state index is 0.0368. The molecule has 43 heavy (non-hydrogen) atoms. The highest BCUT2D eigenvalue weighted by Crippen LogP contribution is 2.33. The number of nitrogens with one attached hydrogen (secondary N) is 1. The van der Waals surface area contributed by atoms with E-state index < -0.39 is 39.8 Å². The lowest BCUT2D eigenvalue weighted by atomic mass is 9.87. The van der Waals surface area contributed by atoms with E-state index in [1.807, 2.05) is 44.2 Å². The molecular formula is C31H46N4O7S. The van der Waals surface area contributed by atoms with Gasteiger partial charge in [0.15, 0.2) is 6.29 Å². The number of alkyl carbamates (subject to hydrolysis) is 1. The average Bonchev–Trinajstić information content (AvgIpc) is 3.58. The number of hydrogen-bond donors (Lipinski definition) is 4. The van der Waals surface area contributed by atoms with Crippen LogP contribution in [0.5, 0.6) is 0 Å². The molecule has 1 amide bonds. The highest BCUT2D eigenvalue weighted by atomic mass is 32.2. The monoisotopic (exact) mass is 618 g/mol. The summed E-state index contributed by atoms with van der Waals surface area (Å²) < 4.78 is 46.0. The minimum Gasteiger partial charge on any atom is -0.443 e. The Morgan fingerprint density at radius 2 is 1.86 bits per heavy atom. The first-order chi connectivity index (χ1) is 20.5. The summed E-state index contributed by atoms with van der Waals surface area (Å²) in [7, 11) is -4.02. The molecule has 2 aliphatic rings. The number of carbonyl (C=O) groups is 1. The zero-order valence-electron chi connectivity index (χ0n) is 25.1. The third-order valence-corrected chi connectivity index (χ3v) is 9.96. The second-order valence-electron chi connectivity index (χ2n) is 12.3. The van der Waals surface area contributed by atoms with Crippen LogP contribution in [0.1, 0.15) is 45.1 Å². The molecular weight excluding hydrogens is 572 g/mol. The zero-order chi connectivity index (χ0) is 31.0. The summed E-state index contributed by atoms with van der Waals surface area (Å²) in [5.74, 6) is -0.0368. The fraction of sp³-hybridized carbons (Fsp3) is 0.581. The van der Waals surface area contributed by atoms with Crippen molar-refractivity contribution in [2.24, 2.45) is 17.1 Å². The molecule has 2 heterocycles. The first-order valence-electron chi connectivity index (χ1n) is 15.0. The third-order valence-electron chi connectivity index (χ3n) is 8.13. The van der Waals surface area contributed by atoms with Crippen molar-refractivity contribution in [3.8, 4) is 0 Å². The Hall–Kier alpha value is -2.74. The van der Waals surface area contributed by atoms with Gasteiger partial charge in [-0.1, -0.05) is 50.6 Å². The molecule has 2 aromatic carbocycles. The number of amides is 1. The Bertz CT molecular complexity index is 1280. The maximum atomic E-state index is 13.9. The number of rotatable bonds is 15. The van der Waals surface area contributed by atoms with Gasteiger partial charge >= 0.3 is 6.09 Å². The van der Waals surface area contributed by atoms with E-state index >= 15 is 0 Å². The van der Waals surface area contributed by atoms with E-state index in [0.29, 0.717) is 18.8 Å². The molecule has 0 unspecified atom stereocenters. The summed E-state index contributed by atoms with van der Waals surface area (Å²) in [6.45, 7) is 5.27. The first kappa shape index (κ1) is 33.2. The number of carbonyl (C=O) groups excluding carboxylic acids is 1. The number of nitrogens with zero attached hydrogens (tertiary/aromatic N) is 1. The van der Waals surface area contributed by atoms with Crippen molar-refractivity contribution in [3.63, 3.8) is 0 Å². The van der Waals surface area contributed by atoms with Crippen molar-refractivity contribution in [1.82, 2.24) is 9.62 Å². The van der Waals surface area contributed by atoms with Crippen LogP contribution >= 0.6 is 0 Å². The van der Waals surface area contributed by atoms with Gasteiger partial charge in [0.1, 0.15) is 6.10 Å². The number of benzene rings is 2. The number of nitrogens with two attached hydrogens (primary N) is 2. The molecule has 2 aromatic rings. The number of ether oxygens (including phenoxy) is 3. The smallest absolute Gasteiger partial charge is 0.407 e. The fourth-order valence-electron chi connectivity index (χ4n) is 5.70. The van der Waals surface area contributed by atoms with E-state index in [4.69, 9.17) is 25.7 Å². The normalized spacial score (nSPS) is 21.8. The average molecular weight is 619 g/mol. The molecule has 11 nitrogen and oxygen atoms in total. The van der Waals surface area contributed by atoms with Crippen LogP contribution in [0, 0.1) is 11.3 Å². The number of sulfonamides is 1. The summed E-state index contributed by atoms with van der Waals surface area (Å²) >= 11 is 0. The molecule has 0 aliphatic carbocycles. The zero-order valence-corrected chi connectivity index (χ0v) is 25.9. The molecule has 2 fully saturated rings. The molecule has 0 aromatic heterocycles. The molecule has 238 valence electrons. The standard InChI is InChI=1S/C31H46N4O7S/c1-31(2,15-6-7-16-32)21-35(43(38,39)24-12-10-23(33)11-13-24)19-27(36)26(18-22-8-4-3-5-9-22)34-30(37)42-28-20-41-29-25(28)14-17-40-29/h3-5,8-13,25-29,36H,6-7,14-21,32-33H2,1-2H3,(H,34,37)/t25-,26+,27-,28-,29+/m1/s1. The summed E-state index contributed by atoms with van der Waals surface area (Å²) in [4.78, 5) is 13.2. The van der Waals surface area contributed by atoms with Crippen LogP contribution in [-0.4, -0.2) is 81.3 Å². The van der Waals surface area contributed by atoms with E-state index in [0.717, 1.165) is 31.2 Å². The number of aliphatic hydroxyl groups excluding tert-OH is 1. The van der Waals surface area contributed by atoms with Crippen LogP contribution in [0.2, 0.25) is 0 Å². The number of nitrogen functional groups attached to an aromatic ring is 1. The Balaban J connectivity index is 1.55. The highest BCUT2D eigenvalue weighted by molar-refractivity contribution is 7.89. The van der Waals surface area contributed by atoms with Crippen LogP contribution in [0.25, 0.3) is 0 Å². The quantitative estimate of drug-likeness (QED) is 0.173. The van der Waals surface area contributed by atoms with Crippen molar-refractivity contribution in [3.05, 3.63) is 60.2 Å². The van der Waals surface area contributed by atoms with Crippen LogP contribution in [0.4, 0.5) is 10.5 Å². The van der Waals surface area contributed by atoms with E-state index in [-0.39, 0.29) is 43.2 Å². The number of hydrogen-bond acceptors (Lipinski definition) is 9. The molecule has 0 spiro atoms. The van der Waals surface area contributed by atoms with E-state index in [1.165, 1.54) is 28.6 Å². The van der Waals surface area contributed by atoms with Crippen molar-refractivity contribution >= 4 is 21.8 Å². The summed E-state index contributed by atoms with van der Waals surface area (Å²) in [6, 6.07) is 14.6. The lowest BCUT2D eigenvalue weighted by molar-refractivity contribution is -0.0907. The van der Waals surface area contributed by atoms with Gasteiger partial charge in [0, 0.05) is 18.8 Å². The molecule has 0 saturated carbocycles. The van der Waals surface area contributed by atoms with Crippen molar-refractivity contribution in [1.29, 1.82) is 0 Å². The van der Waals surface area contributed by atoms with Gasteiger partial charge in [0.2, 0.25) is 10.0 Å². The van der Waals surface area contributed by atoms with E-state index in [1.54, 1.807) is 0 Å². The predicted octanol–water partition coefficient (Wildman–Crippen LogP) is 2.87. The highest BCUT2D eigenvalue weighted by Gasteiger charge is 2.44. The maximum Gasteiger partial charge on any atom is 0.407 e. The second-order valence-corrected chi connectivity index (χ2v) is 14.2. The van der Waals surface area contributed by atoms with Crippen LogP contribution in [0.3, 0.4) is 0 Å². The lowest BCUT2D eigenvalue weighted by Gasteiger charge is -2.35. The Morgan fingerprint density at radius 3 is 2.56 bits per heavy atom. The molecule has 12 heteroatoms. The molecule has 0 bridgehead atoms. The molecule has 2 saturated heterocycles. The SMILES string of the molecule is CC(C)(CCCCN)CN(C[C@@H](O)[C@H](Cc1ccccc1)NC(=O)O[C@@H]1CO[C@@H]2OCC[C@@H]21)S(=O)(=O)c1ccc(N)cc1. The molecule has 4 rings (SSSR count). The van der Waals surface area contributed by atoms with Gasteiger partial charge in [0.05, 0.1) is 36.2 Å². The molecule has 2 aliphatic heterocycles. The maximum absolute atomic E-state index is 13.9. The number of fused-ring (bicyclic) bond motifs is 1. The summed E-state index contributed by atoms with van der Waals surface area (Å²) in [5.41, 5.74) is 12.4. The van der Waals surface area contributed by atoms with Gasteiger partial charge < -0.3 is 36.1 Å². The predicted molar refractivity (Wildman–Crippen MR) is 163 cm³/mol. The van der Waals surface area contributed by atoms with Crippen molar-refractivity contribution in [2.75, 3.05) is 38.6 Å². The Kier molecular flexibility index (Phi) is 11.4. The Labute approximate surface area is 254 Å². The topological polar surface area (TPSA) is 166 Å². The van der Waals surface area contributed by atoms with Crippen molar-refractivity contribution in [2.45, 2.75) is 75.4 Å². The largest absolute Gasteiger partial charge is 0.443 e. The minimum atomic E-state index is -4.02. The molecule has 5 atom stereocenters. The van der Waals surface area contributed by atoms with Gasteiger partial charge in [-0.15, -0.1) is 0 Å². The fourth-order valence-corrected chi connectivity index (χ4v) is 7.35. The van der Waals surface area contributed by atoms with E-state index in [9.17, 15) is 18.3 Å². The summed E-state index contributed by atoms with van der Waals surface area (Å²) in [5, 5.41) is 14.4. The lowest BCUT2D eigenvalue weighted by Crippen LogP contribution is -2.52. The Morgan fingerprint density at radius 1 is 1.14 bits per heavy atom. The second kappa shape index (κ2) is 14.8. The van der Waals surface area contributed by atoms with Gasteiger partial charge in [0.25, 0.3) is 0 Å². The van der Waals surface area contributed by atoms with Gasteiger partial charge in [-0.25, -0.2) is 13.2 Å². The van der Waals surface area contributed by atoms with Gasteiger partial charge in [-0.2, -0.15) is 4.31 Å². The van der Waals surface area contributed by atoms with Gasteiger partial charge in [-0.3, -0.25) is 0 Å². The summed E-state index contributed by atoms with van der Waals surface area (Å²) in [6.07, 6.45) is 0.658. The van der Waals surface area contributed by atoms with Crippen LogP contribution < -0.4 is 16.8 Å². The number of anilines is 1. The number of aliphatic hydroxyl groups is 1. The van der Waals surface area contributed by atoms with Crippen LogP contribution in [-0.2, 0) is 30.7 Å². The molecule has 6 N–H and O–H groups in total. The van der Waals surface area contributed by atoms with Gasteiger partial charge in [-0.05, 0) is 67.5 Å².